The molecule has 0 aromatic heterocycles. The van der Waals surface area contributed by atoms with Crippen LogP contribution in [0.15, 0.2) is 48.5 Å². The van der Waals surface area contributed by atoms with Crippen LogP contribution in [0.3, 0.4) is 0 Å². The largest absolute Gasteiger partial charge is 0.478 e. The van der Waals surface area contributed by atoms with E-state index in [1.807, 2.05) is 30.3 Å². The predicted octanol–water partition coefficient (Wildman–Crippen LogP) is 3.38. The minimum Gasteiger partial charge on any atom is -0.478 e. The lowest BCUT2D eigenvalue weighted by Gasteiger charge is -2.09. The van der Waals surface area contributed by atoms with E-state index in [-0.39, 0.29) is 11.3 Å². The van der Waals surface area contributed by atoms with Crippen LogP contribution in [0.4, 0.5) is 0 Å². The maximum Gasteiger partial charge on any atom is 0.339 e. The molecule has 4 nitrogen and oxygen atoms in total. The quantitative estimate of drug-likeness (QED) is 0.659. The molecule has 0 saturated heterocycles. The second-order valence-corrected chi connectivity index (χ2v) is 3.87. The molecule has 0 saturated carbocycles. The average molecular weight is 258 g/mol. The Morgan fingerprint density at radius 3 is 2.47 bits per heavy atom. The third-order valence-corrected chi connectivity index (χ3v) is 2.59. The summed E-state index contributed by atoms with van der Waals surface area (Å²) >= 11 is 0. The molecule has 0 fully saturated rings. The van der Waals surface area contributed by atoms with Crippen molar-refractivity contribution >= 4 is 5.97 Å². The Bertz CT molecular complexity index is 564. The summed E-state index contributed by atoms with van der Waals surface area (Å²) in [5.74, 6) is -0.843. The van der Waals surface area contributed by atoms with E-state index < -0.39 is 5.97 Å². The lowest BCUT2D eigenvalue weighted by Crippen LogP contribution is -2.04. The molecule has 0 spiro atoms. The molecular formula is C15H14O4. The summed E-state index contributed by atoms with van der Waals surface area (Å²) in [6, 6.07) is 14.6. The number of rotatable bonds is 5. The summed E-state index contributed by atoms with van der Waals surface area (Å²) in [6.07, 6.45) is 0. The Kier molecular flexibility index (Phi) is 4.15. The standard InChI is InChI=1S/C15H14O4/c1-2-18-19-14-10-12(8-9-13(14)15(16)17)11-6-4-3-5-7-11/h3-10H,2H2,1H3,(H,16,17). The van der Waals surface area contributed by atoms with E-state index in [0.717, 1.165) is 11.1 Å². The highest BCUT2D eigenvalue weighted by molar-refractivity contribution is 5.91. The van der Waals surface area contributed by atoms with Crippen LogP contribution in [0.2, 0.25) is 0 Å². The minimum atomic E-state index is -1.05. The summed E-state index contributed by atoms with van der Waals surface area (Å²) in [4.78, 5) is 21.0. The van der Waals surface area contributed by atoms with Crippen molar-refractivity contribution in [3.05, 3.63) is 54.1 Å². The topological polar surface area (TPSA) is 55.8 Å². The molecule has 0 atom stereocenters. The SMILES string of the molecule is CCOOc1cc(-c2ccccc2)ccc1C(=O)O. The fourth-order valence-corrected chi connectivity index (χ4v) is 1.70. The van der Waals surface area contributed by atoms with E-state index in [2.05, 4.69) is 0 Å². The van der Waals surface area contributed by atoms with Crippen molar-refractivity contribution in [1.82, 2.24) is 0 Å². The van der Waals surface area contributed by atoms with Gasteiger partial charge in [-0.3, -0.25) is 0 Å². The van der Waals surface area contributed by atoms with Gasteiger partial charge in [-0.1, -0.05) is 36.4 Å². The highest BCUT2D eigenvalue weighted by atomic mass is 17.2. The first-order valence-electron chi connectivity index (χ1n) is 5.94. The Labute approximate surface area is 111 Å². The number of carboxylic acid groups (broad SMARTS) is 1. The van der Waals surface area contributed by atoms with E-state index in [9.17, 15) is 4.79 Å². The molecule has 0 aliphatic carbocycles. The molecule has 2 aromatic carbocycles. The molecule has 0 aliphatic rings. The van der Waals surface area contributed by atoms with Gasteiger partial charge in [0.2, 0.25) is 0 Å². The van der Waals surface area contributed by atoms with Gasteiger partial charge < -0.3 is 9.99 Å². The molecular weight excluding hydrogens is 244 g/mol. The van der Waals surface area contributed by atoms with Crippen LogP contribution in [0, 0.1) is 0 Å². The number of hydrogen-bond donors (Lipinski definition) is 1. The molecule has 19 heavy (non-hydrogen) atoms. The lowest BCUT2D eigenvalue weighted by atomic mass is 10.0. The van der Waals surface area contributed by atoms with Crippen LogP contribution in [-0.2, 0) is 4.89 Å². The molecule has 0 amide bonds. The van der Waals surface area contributed by atoms with Crippen LogP contribution in [0.25, 0.3) is 11.1 Å². The highest BCUT2D eigenvalue weighted by Crippen LogP contribution is 2.27. The summed E-state index contributed by atoms with van der Waals surface area (Å²) in [5.41, 5.74) is 1.94. The average Bonchev–Trinajstić information content (AvgIpc) is 2.45. The summed E-state index contributed by atoms with van der Waals surface area (Å²) < 4.78 is 0. The first kappa shape index (κ1) is 13.1. The van der Waals surface area contributed by atoms with Gasteiger partial charge in [0.15, 0.2) is 5.75 Å². The Hall–Kier alpha value is -2.33. The van der Waals surface area contributed by atoms with E-state index in [0.29, 0.717) is 6.61 Å². The normalized spacial score (nSPS) is 10.2. The Morgan fingerprint density at radius 2 is 1.84 bits per heavy atom. The zero-order valence-corrected chi connectivity index (χ0v) is 10.5. The molecule has 2 aromatic rings. The third-order valence-electron chi connectivity index (χ3n) is 2.59. The van der Waals surface area contributed by atoms with Crippen molar-refractivity contribution in [2.24, 2.45) is 0 Å². The number of benzene rings is 2. The van der Waals surface area contributed by atoms with Crippen molar-refractivity contribution in [2.75, 3.05) is 6.61 Å². The van der Waals surface area contributed by atoms with E-state index in [1.165, 1.54) is 6.07 Å². The first-order chi connectivity index (χ1) is 9.22. The van der Waals surface area contributed by atoms with Crippen molar-refractivity contribution in [3.63, 3.8) is 0 Å². The summed E-state index contributed by atoms with van der Waals surface area (Å²) in [7, 11) is 0. The van der Waals surface area contributed by atoms with Crippen LogP contribution in [0.1, 0.15) is 17.3 Å². The monoisotopic (exact) mass is 258 g/mol. The Morgan fingerprint density at radius 1 is 1.11 bits per heavy atom. The molecule has 0 radical (unpaired) electrons. The van der Waals surface area contributed by atoms with Gasteiger partial charge in [0.1, 0.15) is 5.56 Å². The van der Waals surface area contributed by atoms with Crippen molar-refractivity contribution in [1.29, 1.82) is 0 Å². The van der Waals surface area contributed by atoms with Gasteiger partial charge in [-0.15, -0.1) is 0 Å². The van der Waals surface area contributed by atoms with Gasteiger partial charge in [0, 0.05) is 0 Å². The van der Waals surface area contributed by atoms with Crippen LogP contribution >= 0.6 is 0 Å². The molecule has 98 valence electrons. The molecule has 1 N–H and O–H groups in total. The minimum absolute atomic E-state index is 0.0770. The van der Waals surface area contributed by atoms with Gasteiger partial charge in [-0.05, 0) is 30.2 Å². The first-order valence-corrected chi connectivity index (χ1v) is 5.94. The van der Waals surface area contributed by atoms with Gasteiger partial charge >= 0.3 is 5.97 Å². The number of carbonyl (C=O) groups is 1. The fraction of sp³-hybridized carbons (Fsp3) is 0.133. The third kappa shape index (κ3) is 3.11. The second kappa shape index (κ2) is 6.02. The van der Waals surface area contributed by atoms with Crippen LogP contribution in [0.5, 0.6) is 5.75 Å². The fourth-order valence-electron chi connectivity index (χ4n) is 1.70. The molecule has 0 heterocycles. The van der Waals surface area contributed by atoms with Gasteiger partial charge in [0.05, 0.1) is 6.61 Å². The van der Waals surface area contributed by atoms with Crippen molar-refractivity contribution < 1.29 is 19.7 Å². The maximum absolute atomic E-state index is 11.1. The smallest absolute Gasteiger partial charge is 0.339 e. The van der Waals surface area contributed by atoms with E-state index in [1.54, 1.807) is 19.1 Å². The number of aromatic carboxylic acids is 1. The Balaban J connectivity index is 2.40. The van der Waals surface area contributed by atoms with Gasteiger partial charge in [-0.2, -0.15) is 4.89 Å². The van der Waals surface area contributed by atoms with Gasteiger partial charge in [-0.25, -0.2) is 4.79 Å². The molecule has 4 heteroatoms. The number of carboxylic acids is 1. The van der Waals surface area contributed by atoms with Crippen LogP contribution < -0.4 is 4.89 Å². The second-order valence-electron chi connectivity index (χ2n) is 3.87. The van der Waals surface area contributed by atoms with E-state index >= 15 is 0 Å². The molecule has 2 rings (SSSR count). The van der Waals surface area contributed by atoms with Crippen molar-refractivity contribution in [3.8, 4) is 16.9 Å². The van der Waals surface area contributed by atoms with Crippen LogP contribution in [-0.4, -0.2) is 17.7 Å². The lowest BCUT2D eigenvalue weighted by molar-refractivity contribution is -0.202. The predicted molar refractivity (Wildman–Crippen MR) is 71.1 cm³/mol. The zero-order valence-electron chi connectivity index (χ0n) is 10.5. The van der Waals surface area contributed by atoms with E-state index in [4.69, 9.17) is 14.9 Å². The zero-order chi connectivity index (χ0) is 13.7. The maximum atomic E-state index is 11.1. The summed E-state index contributed by atoms with van der Waals surface area (Å²) in [6.45, 7) is 2.11. The van der Waals surface area contributed by atoms with Gasteiger partial charge in [0.25, 0.3) is 0 Å². The molecule has 0 bridgehead atoms. The molecule has 0 unspecified atom stereocenters. The molecule has 0 aliphatic heterocycles. The van der Waals surface area contributed by atoms with Crippen molar-refractivity contribution in [2.45, 2.75) is 6.92 Å². The highest BCUT2D eigenvalue weighted by Gasteiger charge is 2.13. The summed E-state index contributed by atoms with van der Waals surface area (Å²) in [5, 5.41) is 9.09. The number of hydrogen-bond acceptors (Lipinski definition) is 3.